The van der Waals surface area contributed by atoms with E-state index in [0.717, 1.165) is 24.9 Å². The highest BCUT2D eigenvalue weighted by atomic mass is 16.2. The number of nitrogens with one attached hydrogen (secondary N) is 2. The first kappa shape index (κ1) is 20.8. The maximum absolute atomic E-state index is 12.6. The van der Waals surface area contributed by atoms with Crippen LogP contribution in [-0.2, 0) is 17.9 Å². The number of likely N-dealkylation sites (tertiary alicyclic amines) is 1. The fourth-order valence-corrected chi connectivity index (χ4v) is 3.55. The minimum Gasteiger partial charge on any atom is -0.350 e. The van der Waals surface area contributed by atoms with Gasteiger partial charge in [0, 0.05) is 25.3 Å². The van der Waals surface area contributed by atoms with Crippen LogP contribution in [0.1, 0.15) is 35.2 Å². The molecule has 1 aliphatic rings. The summed E-state index contributed by atoms with van der Waals surface area (Å²) in [7, 11) is 2.06. The van der Waals surface area contributed by atoms with E-state index in [1.807, 2.05) is 30.3 Å². The van der Waals surface area contributed by atoms with Crippen molar-refractivity contribution in [2.45, 2.75) is 38.4 Å². The number of hydrogen-bond donors (Lipinski definition) is 2. The van der Waals surface area contributed by atoms with Crippen molar-refractivity contribution in [1.29, 1.82) is 0 Å². The fourth-order valence-electron chi connectivity index (χ4n) is 3.55. The zero-order valence-electron chi connectivity index (χ0n) is 16.8. The van der Waals surface area contributed by atoms with Crippen molar-refractivity contribution in [3.63, 3.8) is 0 Å². The predicted molar refractivity (Wildman–Crippen MR) is 112 cm³/mol. The van der Waals surface area contributed by atoms with Gasteiger partial charge in [-0.25, -0.2) is 0 Å². The van der Waals surface area contributed by atoms with E-state index in [2.05, 4.69) is 22.6 Å². The molecule has 1 aromatic heterocycles. The number of aromatic nitrogens is 1. The van der Waals surface area contributed by atoms with Crippen LogP contribution in [0, 0.1) is 0 Å². The van der Waals surface area contributed by atoms with Gasteiger partial charge in [-0.15, -0.1) is 0 Å². The topological polar surface area (TPSA) is 83.4 Å². The summed E-state index contributed by atoms with van der Waals surface area (Å²) in [6, 6.07) is 13.0. The molecule has 2 N–H and O–H groups in total. The number of carbonyl (C=O) groups excluding carboxylic acids is 2. The summed E-state index contributed by atoms with van der Waals surface area (Å²) >= 11 is 0. The Labute approximate surface area is 170 Å². The van der Waals surface area contributed by atoms with Crippen molar-refractivity contribution < 1.29 is 9.59 Å². The van der Waals surface area contributed by atoms with Crippen molar-refractivity contribution in [2.75, 3.05) is 20.1 Å². The molecule has 7 nitrogen and oxygen atoms in total. The highest BCUT2D eigenvalue weighted by molar-refractivity contribution is 5.93. The molecule has 29 heavy (non-hydrogen) atoms. The molecule has 1 saturated heterocycles. The van der Waals surface area contributed by atoms with Gasteiger partial charge in [0.15, 0.2) is 0 Å². The van der Waals surface area contributed by atoms with Crippen LogP contribution in [0.4, 0.5) is 0 Å². The number of likely N-dealkylation sites (N-methyl/N-ethyl adjacent to an activating group) is 1. The third-order valence-corrected chi connectivity index (χ3v) is 5.33. The van der Waals surface area contributed by atoms with Gasteiger partial charge in [0.25, 0.3) is 11.5 Å². The molecule has 1 atom stereocenters. The number of nitrogens with zero attached hydrogens (tertiary/aromatic N) is 2. The largest absolute Gasteiger partial charge is 0.350 e. The summed E-state index contributed by atoms with van der Waals surface area (Å²) in [6.07, 6.45) is 4.89. The standard InChI is InChI=1S/C22H28N4O3/c1-25-12-6-5-10-18(25)15-24-21(28)19-11-7-13-26(22(19)29)16-20(27)23-14-17-8-3-2-4-9-17/h2-4,7-9,11,13,18H,5-6,10,12,14-16H2,1H3,(H,23,27)(H,24,28)/t18-/m1/s1. The Hall–Kier alpha value is -2.93. The van der Waals surface area contributed by atoms with Crippen LogP contribution in [0.25, 0.3) is 0 Å². The van der Waals surface area contributed by atoms with Gasteiger partial charge in [0.2, 0.25) is 5.91 Å². The molecule has 1 fully saturated rings. The zero-order valence-corrected chi connectivity index (χ0v) is 16.8. The van der Waals surface area contributed by atoms with Crippen molar-refractivity contribution in [3.05, 3.63) is 70.1 Å². The molecule has 0 saturated carbocycles. The molecule has 3 rings (SSSR count). The predicted octanol–water partition coefficient (Wildman–Crippen LogP) is 1.38. The smallest absolute Gasteiger partial charge is 0.263 e. The van der Waals surface area contributed by atoms with Gasteiger partial charge >= 0.3 is 0 Å². The van der Waals surface area contributed by atoms with Gasteiger partial charge < -0.3 is 20.1 Å². The highest BCUT2D eigenvalue weighted by Gasteiger charge is 2.20. The Morgan fingerprint density at radius 2 is 1.86 bits per heavy atom. The molecule has 2 amide bonds. The average molecular weight is 396 g/mol. The summed E-state index contributed by atoms with van der Waals surface area (Å²) in [6.45, 7) is 1.81. The van der Waals surface area contributed by atoms with Crippen LogP contribution >= 0.6 is 0 Å². The van der Waals surface area contributed by atoms with Gasteiger partial charge in [0.1, 0.15) is 12.1 Å². The Morgan fingerprint density at radius 1 is 1.07 bits per heavy atom. The minimum absolute atomic E-state index is 0.0572. The second-order valence-electron chi connectivity index (χ2n) is 7.46. The molecule has 0 unspecified atom stereocenters. The molecule has 0 spiro atoms. The van der Waals surface area contributed by atoms with Crippen molar-refractivity contribution in [1.82, 2.24) is 20.1 Å². The second-order valence-corrected chi connectivity index (χ2v) is 7.46. The van der Waals surface area contributed by atoms with Crippen LogP contribution in [0.5, 0.6) is 0 Å². The lowest BCUT2D eigenvalue weighted by Gasteiger charge is -2.32. The number of benzene rings is 1. The Kier molecular flexibility index (Phi) is 7.19. The number of hydrogen-bond acceptors (Lipinski definition) is 4. The third-order valence-electron chi connectivity index (χ3n) is 5.33. The van der Waals surface area contributed by atoms with Gasteiger partial charge in [-0.05, 0) is 44.1 Å². The van der Waals surface area contributed by atoms with Crippen LogP contribution in [0.15, 0.2) is 53.5 Å². The van der Waals surface area contributed by atoms with E-state index >= 15 is 0 Å². The van der Waals surface area contributed by atoms with Crippen molar-refractivity contribution in [2.24, 2.45) is 0 Å². The summed E-state index contributed by atoms with van der Waals surface area (Å²) in [5, 5.41) is 5.66. The zero-order chi connectivity index (χ0) is 20.6. The summed E-state index contributed by atoms with van der Waals surface area (Å²) in [5.74, 6) is -0.676. The van der Waals surface area contributed by atoms with E-state index in [1.54, 1.807) is 6.07 Å². The molecular formula is C22H28N4O3. The van der Waals surface area contributed by atoms with Gasteiger partial charge in [0.05, 0.1) is 0 Å². The van der Waals surface area contributed by atoms with Crippen LogP contribution in [0.3, 0.4) is 0 Å². The van der Waals surface area contributed by atoms with E-state index in [0.29, 0.717) is 19.1 Å². The van der Waals surface area contributed by atoms with E-state index in [-0.39, 0.29) is 18.0 Å². The van der Waals surface area contributed by atoms with Gasteiger partial charge in [-0.2, -0.15) is 0 Å². The van der Waals surface area contributed by atoms with Crippen molar-refractivity contribution >= 4 is 11.8 Å². The number of carbonyl (C=O) groups is 2. The Balaban J connectivity index is 1.57. The van der Waals surface area contributed by atoms with Crippen LogP contribution < -0.4 is 16.2 Å². The Bertz CT molecular complexity index is 894. The normalized spacial score (nSPS) is 16.9. The lowest BCUT2D eigenvalue weighted by Crippen LogP contribution is -2.45. The number of piperidine rings is 1. The van der Waals surface area contributed by atoms with Crippen LogP contribution in [-0.4, -0.2) is 47.5 Å². The number of amides is 2. The molecule has 0 bridgehead atoms. The lowest BCUT2D eigenvalue weighted by atomic mass is 10.0. The summed E-state index contributed by atoms with van der Waals surface area (Å²) in [5.41, 5.74) is 0.577. The molecule has 154 valence electrons. The van der Waals surface area contributed by atoms with Crippen molar-refractivity contribution in [3.8, 4) is 0 Å². The SMILES string of the molecule is CN1CCCC[C@@H]1CNC(=O)c1cccn(CC(=O)NCc2ccccc2)c1=O. The van der Waals surface area contributed by atoms with Gasteiger partial charge in [-0.3, -0.25) is 14.4 Å². The minimum atomic E-state index is -0.461. The quantitative estimate of drug-likeness (QED) is 0.741. The maximum atomic E-state index is 12.6. The molecular weight excluding hydrogens is 368 g/mol. The fraction of sp³-hybridized carbons (Fsp3) is 0.409. The first-order valence-electron chi connectivity index (χ1n) is 10.0. The lowest BCUT2D eigenvalue weighted by molar-refractivity contribution is -0.121. The number of rotatable bonds is 7. The molecule has 1 aliphatic heterocycles. The number of pyridine rings is 1. The molecule has 1 aromatic carbocycles. The monoisotopic (exact) mass is 396 g/mol. The molecule has 2 heterocycles. The van der Waals surface area contributed by atoms with Gasteiger partial charge in [-0.1, -0.05) is 36.8 Å². The summed E-state index contributed by atoms with van der Waals surface area (Å²) < 4.78 is 1.27. The maximum Gasteiger partial charge on any atom is 0.263 e. The van der Waals surface area contributed by atoms with E-state index in [4.69, 9.17) is 0 Å². The second kappa shape index (κ2) is 10.0. The molecule has 2 aromatic rings. The average Bonchev–Trinajstić information content (AvgIpc) is 2.74. The van der Waals surface area contributed by atoms with E-state index < -0.39 is 11.5 Å². The molecule has 0 aliphatic carbocycles. The molecule has 0 radical (unpaired) electrons. The van der Waals surface area contributed by atoms with E-state index in [1.165, 1.54) is 23.3 Å². The highest BCUT2D eigenvalue weighted by Crippen LogP contribution is 2.14. The first-order valence-corrected chi connectivity index (χ1v) is 10.0. The Morgan fingerprint density at radius 3 is 2.62 bits per heavy atom. The first-order chi connectivity index (χ1) is 14.0. The van der Waals surface area contributed by atoms with E-state index in [9.17, 15) is 14.4 Å². The third kappa shape index (κ3) is 5.77. The summed E-state index contributed by atoms with van der Waals surface area (Å²) in [4.78, 5) is 39.6. The van der Waals surface area contributed by atoms with Crippen LogP contribution in [0.2, 0.25) is 0 Å². The molecule has 7 heteroatoms.